The minimum atomic E-state index is 0.280. The van der Waals surface area contributed by atoms with Gasteiger partial charge >= 0.3 is 0 Å². The Morgan fingerprint density at radius 3 is 2.77 bits per heavy atom. The van der Waals surface area contributed by atoms with Crippen molar-refractivity contribution in [2.45, 2.75) is 45.1 Å². The van der Waals surface area contributed by atoms with Crippen molar-refractivity contribution in [3.8, 4) is 0 Å². The molecular weight excluding hydrogens is 280 g/mol. The van der Waals surface area contributed by atoms with E-state index < -0.39 is 0 Å². The fraction of sp³-hybridized carbons (Fsp3) is 0.875. The first-order valence-corrected chi connectivity index (χ1v) is 8.58. The second kappa shape index (κ2) is 8.98. The molecule has 0 aromatic heterocycles. The quantitative estimate of drug-likeness (QED) is 0.436. The summed E-state index contributed by atoms with van der Waals surface area (Å²) in [6.45, 7) is 5.79. The van der Waals surface area contributed by atoms with Crippen molar-refractivity contribution >= 4 is 11.9 Å². The monoisotopic (exact) mass is 310 g/mol. The van der Waals surface area contributed by atoms with Crippen LogP contribution in [0.3, 0.4) is 0 Å². The van der Waals surface area contributed by atoms with E-state index in [2.05, 4.69) is 15.6 Å². The van der Waals surface area contributed by atoms with Crippen LogP contribution in [0.15, 0.2) is 4.99 Å². The van der Waals surface area contributed by atoms with E-state index in [1.165, 1.54) is 12.8 Å². The zero-order chi connectivity index (χ0) is 15.8. The molecule has 1 atom stereocenters. The number of hydrogen-bond acceptors (Lipinski definition) is 3. The fourth-order valence-electron chi connectivity index (χ4n) is 3.28. The highest BCUT2D eigenvalue weighted by molar-refractivity contribution is 5.81. The minimum Gasteiger partial charge on any atom is -0.380 e. The van der Waals surface area contributed by atoms with E-state index in [-0.39, 0.29) is 5.92 Å². The summed E-state index contributed by atoms with van der Waals surface area (Å²) >= 11 is 0. The summed E-state index contributed by atoms with van der Waals surface area (Å²) in [5.74, 6) is 1.43. The first kappa shape index (κ1) is 17.1. The van der Waals surface area contributed by atoms with E-state index in [1.807, 2.05) is 11.8 Å². The Morgan fingerprint density at radius 1 is 1.32 bits per heavy atom. The van der Waals surface area contributed by atoms with E-state index in [1.54, 1.807) is 7.05 Å². The van der Waals surface area contributed by atoms with E-state index in [0.29, 0.717) is 18.6 Å². The number of aliphatic imine (C=N–C) groups is 1. The van der Waals surface area contributed by atoms with Crippen molar-refractivity contribution in [2.24, 2.45) is 10.9 Å². The van der Waals surface area contributed by atoms with Crippen LogP contribution in [0.4, 0.5) is 0 Å². The number of ether oxygens (including phenoxy) is 1. The Balaban J connectivity index is 1.71. The normalized spacial score (nSPS) is 23.1. The number of amides is 1. The largest absolute Gasteiger partial charge is 0.380 e. The predicted octanol–water partition coefficient (Wildman–Crippen LogP) is 0.979. The number of hydrogen-bond donors (Lipinski definition) is 2. The fourth-order valence-corrected chi connectivity index (χ4v) is 3.28. The van der Waals surface area contributed by atoms with E-state index >= 15 is 0 Å². The van der Waals surface area contributed by atoms with Gasteiger partial charge in [-0.05, 0) is 26.2 Å². The molecule has 2 rings (SSSR count). The lowest BCUT2D eigenvalue weighted by Gasteiger charge is -2.21. The molecule has 22 heavy (non-hydrogen) atoms. The molecular formula is C16H30N4O2. The molecule has 1 amide bonds. The number of guanidine groups is 1. The average molecular weight is 310 g/mol. The maximum Gasteiger partial charge on any atom is 0.225 e. The zero-order valence-electron chi connectivity index (χ0n) is 13.9. The van der Waals surface area contributed by atoms with Crippen molar-refractivity contribution in [1.82, 2.24) is 15.5 Å². The van der Waals surface area contributed by atoms with Gasteiger partial charge in [0.15, 0.2) is 5.96 Å². The molecule has 126 valence electrons. The van der Waals surface area contributed by atoms with Gasteiger partial charge in [0.05, 0.1) is 6.61 Å². The van der Waals surface area contributed by atoms with Gasteiger partial charge in [-0.1, -0.05) is 12.8 Å². The van der Waals surface area contributed by atoms with Gasteiger partial charge in [-0.2, -0.15) is 0 Å². The second-order valence-electron chi connectivity index (χ2n) is 6.09. The molecule has 0 radical (unpaired) electrons. The van der Waals surface area contributed by atoms with Crippen LogP contribution in [-0.4, -0.2) is 62.7 Å². The van der Waals surface area contributed by atoms with Gasteiger partial charge < -0.3 is 20.3 Å². The summed E-state index contributed by atoms with van der Waals surface area (Å²) in [4.78, 5) is 18.7. The number of likely N-dealkylation sites (tertiary alicyclic amines) is 1. The molecule has 6 heteroatoms. The molecule has 0 aromatic carbocycles. The molecule has 2 fully saturated rings. The maximum absolute atomic E-state index is 12.4. The zero-order valence-corrected chi connectivity index (χ0v) is 13.9. The highest BCUT2D eigenvalue weighted by Crippen LogP contribution is 2.27. The summed E-state index contributed by atoms with van der Waals surface area (Å²) in [6.07, 6.45) is 5.57. The first-order valence-electron chi connectivity index (χ1n) is 8.58. The van der Waals surface area contributed by atoms with Gasteiger partial charge in [-0.3, -0.25) is 9.79 Å². The van der Waals surface area contributed by atoms with Crippen LogP contribution in [0.25, 0.3) is 0 Å². The lowest BCUT2D eigenvalue weighted by molar-refractivity contribution is -0.134. The summed E-state index contributed by atoms with van der Waals surface area (Å²) < 4.78 is 5.31. The maximum atomic E-state index is 12.4. The molecule has 0 spiro atoms. The Labute approximate surface area is 133 Å². The Kier molecular flexibility index (Phi) is 6.96. The van der Waals surface area contributed by atoms with Gasteiger partial charge in [0.2, 0.25) is 5.91 Å². The van der Waals surface area contributed by atoms with Crippen LogP contribution in [0.5, 0.6) is 0 Å². The van der Waals surface area contributed by atoms with Crippen LogP contribution in [0, 0.1) is 5.92 Å². The Bertz CT molecular complexity index is 380. The van der Waals surface area contributed by atoms with Crippen molar-refractivity contribution in [1.29, 1.82) is 0 Å². The smallest absolute Gasteiger partial charge is 0.225 e. The molecule has 1 saturated carbocycles. The number of nitrogens with zero attached hydrogens (tertiary/aromatic N) is 2. The average Bonchev–Trinajstić information content (AvgIpc) is 3.21. The van der Waals surface area contributed by atoms with E-state index in [4.69, 9.17) is 4.74 Å². The topological polar surface area (TPSA) is 66.0 Å². The van der Waals surface area contributed by atoms with Crippen molar-refractivity contribution in [3.63, 3.8) is 0 Å². The van der Waals surface area contributed by atoms with E-state index in [9.17, 15) is 4.79 Å². The van der Waals surface area contributed by atoms with Crippen LogP contribution in [0.1, 0.15) is 39.0 Å². The number of carbonyl (C=O) groups is 1. The van der Waals surface area contributed by atoms with Crippen LogP contribution in [-0.2, 0) is 9.53 Å². The molecule has 1 aliphatic carbocycles. The second-order valence-corrected chi connectivity index (χ2v) is 6.09. The van der Waals surface area contributed by atoms with Gasteiger partial charge in [-0.15, -0.1) is 0 Å². The molecule has 1 saturated heterocycles. The van der Waals surface area contributed by atoms with Gasteiger partial charge in [0, 0.05) is 45.2 Å². The van der Waals surface area contributed by atoms with Gasteiger partial charge in [-0.25, -0.2) is 0 Å². The van der Waals surface area contributed by atoms with E-state index in [0.717, 1.165) is 51.5 Å². The first-order chi connectivity index (χ1) is 10.7. The highest BCUT2D eigenvalue weighted by atomic mass is 16.5. The third-order valence-electron chi connectivity index (χ3n) is 4.51. The Hall–Kier alpha value is -1.30. The summed E-state index contributed by atoms with van der Waals surface area (Å²) in [7, 11) is 1.77. The van der Waals surface area contributed by atoms with Crippen LogP contribution >= 0.6 is 0 Å². The molecule has 1 aliphatic heterocycles. The van der Waals surface area contributed by atoms with Gasteiger partial charge in [0.1, 0.15) is 0 Å². The SMILES string of the molecule is CCOCCNC(=NC)NC1CCN(C(=O)C2CCCC2)C1. The summed E-state index contributed by atoms with van der Waals surface area (Å²) in [5, 5.41) is 6.65. The molecule has 0 aromatic rings. The number of rotatable bonds is 6. The van der Waals surface area contributed by atoms with Crippen molar-refractivity contribution < 1.29 is 9.53 Å². The third-order valence-corrected chi connectivity index (χ3v) is 4.51. The summed E-state index contributed by atoms with van der Waals surface area (Å²) in [6, 6.07) is 0.295. The third kappa shape index (κ3) is 4.87. The molecule has 0 bridgehead atoms. The Morgan fingerprint density at radius 2 is 2.09 bits per heavy atom. The molecule has 2 N–H and O–H groups in total. The van der Waals surface area contributed by atoms with Crippen molar-refractivity contribution in [2.75, 3.05) is 39.9 Å². The molecule has 1 unspecified atom stereocenters. The molecule has 2 aliphatic rings. The van der Waals surface area contributed by atoms with Crippen molar-refractivity contribution in [3.05, 3.63) is 0 Å². The van der Waals surface area contributed by atoms with Gasteiger partial charge in [0.25, 0.3) is 0 Å². The highest BCUT2D eigenvalue weighted by Gasteiger charge is 2.32. The predicted molar refractivity (Wildman–Crippen MR) is 87.9 cm³/mol. The summed E-state index contributed by atoms with van der Waals surface area (Å²) in [5.41, 5.74) is 0. The molecule has 6 nitrogen and oxygen atoms in total. The molecule has 1 heterocycles. The lowest BCUT2D eigenvalue weighted by atomic mass is 10.1. The standard InChI is InChI=1S/C16H30N4O2/c1-3-22-11-9-18-16(17-2)19-14-8-10-20(12-14)15(21)13-6-4-5-7-13/h13-14H,3-12H2,1-2H3,(H2,17,18,19). The lowest BCUT2D eigenvalue weighted by Crippen LogP contribution is -2.46. The minimum absolute atomic E-state index is 0.280. The number of nitrogens with one attached hydrogen (secondary N) is 2. The number of carbonyl (C=O) groups excluding carboxylic acids is 1. The van der Waals surface area contributed by atoms with Crippen LogP contribution in [0.2, 0.25) is 0 Å². The van der Waals surface area contributed by atoms with Crippen LogP contribution < -0.4 is 10.6 Å².